The number of rotatable bonds is 4. The van der Waals surface area contributed by atoms with Crippen molar-refractivity contribution in [3.05, 3.63) is 53.7 Å². The van der Waals surface area contributed by atoms with Crippen LogP contribution in [0.3, 0.4) is 0 Å². The minimum Gasteiger partial charge on any atom is -0.337 e. The van der Waals surface area contributed by atoms with Gasteiger partial charge in [0.25, 0.3) is 5.89 Å². The third-order valence-corrected chi connectivity index (χ3v) is 3.69. The van der Waals surface area contributed by atoms with Gasteiger partial charge in [0.15, 0.2) is 5.69 Å². The standard InChI is InChI=1S/C16H15F3N4O/c1-3-11-5-4-6-12(9-11)14-20-15(24-22-14)10(2)23-8-7-13(21-23)16(17,18)19/h4-10H,3H2,1-2H3. The summed E-state index contributed by atoms with van der Waals surface area (Å²) in [6.07, 6.45) is -2.36. The molecule has 8 heteroatoms. The lowest BCUT2D eigenvalue weighted by molar-refractivity contribution is -0.141. The van der Waals surface area contributed by atoms with Crippen LogP contribution in [0.2, 0.25) is 0 Å². The topological polar surface area (TPSA) is 56.7 Å². The molecule has 0 saturated heterocycles. The number of hydrogen-bond acceptors (Lipinski definition) is 4. The molecule has 1 unspecified atom stereocenters. The molecule has 0 aliphatic rings. The van der Waals surface area contributed by atoms with Crippen molar-refractivity contribution < 1.29 is 17.7 Å². The highest BCUT2D eigenvalue weighted by Gasteiger charge is 2.34. The molecule has 3 rings (SSSR count). The van der Waals surface area contributed by atoms with Gasteiger partial charge >= 0.3 is 6.18 Å². The van der Waals surface area contributed by atoms with Crippen molar-refractivity contribution in [3.8, 4) is 11.4 Å². The highest BCUT2D eigenvalue weighted by atomic mass is 19.4. The van der Waals surface area contributed by atoms with E-state index in [1.807, 2.05) is 31.2 Å². The van der Waals surface area contributed by atoms with Gasteiger partial charge in [-0.25, -0.2) is 0 Å². The summed E-state index contributed by atoms with van der Waals surface area (Å²) in [5.41, 5.74) is 0.978. The smallest absolute Gasteiger partial charge is 0.337 e. The van der Waals surface area contributed by atoms with Crippen LogP contribution in [0.15, 0.2) is 41.1 Å². The van der Waals surface area contributed by atoms with E-state index in [0.29, 0.717) is 5.82 Å². The number of aromatic nitrogens is 4. The molecule has 3 aromatic rings. The van der Waals surface area contributed by atoms with Crippen molar-refractivity contribution in [1.29, 1.82) is 0 Å². The Morgan fingerprint density at radius 3 is 2.71 bits per heavy atom. The Bertz CT molecular complexity index is 838. The van der Waals surface area contributed by atoms with Crippen LogP contribution in [-0.4, -0.2) is 19.9 Å². The molecule has 0 radical (unpaired) electrons. The first kappa shape index (κ1) is 16.2. The molecule has 0 amide bonds. The molecule has 0 saturated carbocycles. The highest BCUT2D eigenvalue weighted by molar-refractivity contribution is 5.55. The van der Waals surface area contributed by atoms with Gasteiger partial charge in [-0.15, -0.1) is 0 Å². The molecule has 126 valence electrons. The van der Waals surface area contributed by atoms with E-state index in [2.05, 4.69) is 15.2 Å². The van der Waals surface area contributed by atoms with Crippen molar-refractivity contribution >= 4 is 0 Å². The molecule has 1 atom stereocenters. The van der Waals surface area contributed by atoms with E-state index in [1.165, 1.54) is 6.20 Å². The highest BCUT2D eigenvalue weighted by Crippen LogP contribution is 2.29. The van der Waals surface area contributed by atoms with E-state index in [-0.39, 0.29) is 5.89 Å². The van der Waals surface area contributed by atoms with E-state index in [4.69, 9.17) is 4.52 Å². The first-order valence-corrected chi connectivity index (χ1v) is 7.43. The average Bonchev–Trinajstić information content (AvgIpc) is 3.23. The van der Waals surface area contributed by atoms with E-state index < -0.39 is 17.9 Å². The Labute approximate surface area is 136 Å². The van der Waals surface area contributed by atoms with Gasteiger partial charge in [-0.05, 0) is 31.0 Å². The van der Waals surface area contributed by atoms with Gasteiger partial charge in [-0.3, -0.25) is 4.68 Å². The molecular weight excluding hydrogens is 321 g/mol. The second kappa shape index (κ2) is 6.10. The fourth-order valence-electron chi connectivity index (χ4n) is 2.27. The van der Waals surface area contributed by atoms with Crippen LogP contribution in [0.25, 0.3) is 11.4 Å². The van der Waals surface area contributed by atoms with Crippen molar-refractivity contribution in [2.24, 2.45) is 0 Å². The SMILES string of the molecule is CCc1cccc(-c2noc(C(C)n3ccc(C(F)(F)F)n3)n2)c1. The molecular formula is C16H15F3N4O. The van der Waals surface area contributed by atoms with Gasteiger partial charge in [0.05, 0.1) is 0 Å². The minimum atomic E-state index is -4.48. The maximum atomic E-state index is 12.6. The van der Waals surface area contributed by atoms with Crippen LogP contribution in [0.4, 0.5) is 13.2 Å². The van der Waals surface area contributed by atoms with Crippen molar-refractivity contribution in [1.82, 2.24) is 19.9 Å². The summed E-state index contributed by atoms with van der Waals surface area (Å²) in [6.45, 7) is 3.69. The predicted molar refractivity (Wildman–Crippen MR) is 80.2 cm³/mol. The average molecular weight is 336 g/mol. The summed E-state index contributed by atoms with van der Waals surface area (Å²) in [5, 5.41) is 7.45. The predicted octanol–water partition coefficient (Wildman–Crippen LogP) is 4.12. The lowest BCUT2D eigenvalue weighted by atomic mass is 10.1. The Morgan fingerprint density at radius 2 is 2.04 bits per heavy atom. The Kier molecular flexibility index (Phi) is 4.13. The zero-order valence-electron chi connectivity index (χ0n) is 13.1. The number of alkyl halides is 3. The number of nitrogens with zero attached hydrogens (tertiary/aromatic N) is 4. The molecule has 0 bridgehead atoms. The lowest BCUT2D eigenvalue weighted by Crippen LogP contribution is -2.11. The fraction of sp³-hybridized carbons (Fsp3) is 0.312. The molecule has 2 heterocycles. The maximum Gasteiger partial charge on any atom is 0.435 e. The van der Waals surface area contributed by atoms with Crippen molar-refractivity contribution in [2.45, 2.75) is 32.5 Å². The van der Waals surface area contributed by atoms with E-state index in [1.54, 1.807) is 6.92 Å². The molecule has 0 N–H and O–H groups in total. The molecule has 0 spiro atoms. The number of aryl methyl sites for hydroxylation is 1. The minimum absolute atomic E-state index is 0.198. The molecule has 0 fully saturated rings. The normalized spacial score (nSPS) is 13.2. The molecule has 0 aliphatic carbocycles. The summed E-state index contributed by atoms with van der Waals surface area (Å²) in [4.78, 5) is 4.28. The van der Waals surface area contributed by atoms with Crippen LogP contribution >= 0.6 is 0 Å². The van der Waals surface area contributed by atoms with Gasteiger partial charge in [0.2, 0.25) is 5.82 Å². The number of halogens is 3. The quantitative estimate of drug-likeness (QED) is 0.719. The van der Waals surface area contributed by atoms with Crippen LogP contribution < -0.4 is 0 Å². The van der Waals surface area contributed by atoms with Gasteiger partial charge < -0.3 is 4.52 Å². The second-order valence-electron chi connectivity index (χ2n) is 5.36. The Morgan fingerprint density at radius 1 is 1.25 bits per heavy atom. The summed E-state index contributed by atoms with van der Waals surface area (Å²) in [6, 6.07) is 8.02. The van der Waals surface area contributed by atoms with Gasteiger partial charge in [0, 0.05) is 11.8 Å². The van der Waals surface area contributed by atoms with Crippen molar-refractivity contribution in [3.63, 3.8) is 0 Å². The third kappa shape index (κ3) is 3.17. The maximum absolute atomic E-state index is 12.6. The largest absolute Gasteiger partial charge is 0.435 e. The Hall–Kier alpha value is -2.64. The Balaban J connectivity index is 1.85. The monoisotopic (exact) mass is 336 g/mol. The van der Waals surface area contributed by atoms with Crippen LogP contribution in [0.5, 0.6) is 0 Å². The first-order valence-electron chi connectivity index (χ1n) is 7.43. The molecule has 2 aromatic heterocycles. The summed E-state index contributed by atoms with van der Waals surface area (Å²) >= 11 is 0. The van der Waals surface area contributed by atoms with Gasteiger partial charge in [-0.1, -0.05) is 30.3 Å². The third-order valence-electron chi connectivity index (χ3n) is 3.69. The second-order valence-corrected chi connectivity index (χ2v) is 5.36. The zero-order chi connectivity index (χ0) is 17.3. The van der Waals surface area contributed by atoms with E-state index in [0.717, 1.165) is 28.3 Å². The summed E-state index contributed by atoms with van der Waals surface area (Å²) in [5.74, 6) is 0.596. The fourth-order valence-corrected chi connectivity index (χ4v) is 2.27. The number of benzene rings is 1. The van der Waals surface area contributed by atoms with Crippen LogP contribution in [0, 0.1) is 0 Å². The molecule has 0 aliphatic heterocycles. The van der Waals surface area contributed by atoms with Crippen LogP contribution in [-0.2, 0) is 12.6 Å². The zero-order valence-corrected chi connectivity index (χ0v) is 13.1. The number of hydrogen-bond donors (Lipinski definition) is 0. The molecule has 5 nitrogen and oxygen atoms in total. The lowest BCUT2D eigenvalue weighted by Gasteiger charge is -2.07. The van der Waals surface area contributed by atoms with Crippen LogP contribution in [0.1, 0.15) is 37.0 Å². The summed E-state index contributed by atoms with van der Waals surface area (Å²) < 4.78 is 44.3. The van der Waals surface area contributed by atoms with Gasteiger partial charge in [-0.2, -0.15) is 23.3 Å². The van der Waals surface area contributed by atoms with E-state index in [9.17, 15) is 13.2 Å². The van der Waals surface area contributed by atoms with E-state index >= 15 is 0 Å². The first-order chi connectivity index (χ1) is 11.4. The summed E-state index contributed by atoms with van der Waals surface area (Å²) in [7, 11) is 0. The van der Waals surface area contributed by atoms with Crippen molar-refractivity contribution in [2.75, 3.05) is 0 Å². The molecule has 1 aromatic carbocycles. The van der Waals surface area contributed by atoms with Gasteiger partial charge in [0.1, 0.15) is 6.04 Å². The molecule has 24 heavy (non-hydrogen) atoms.